The van der Waals surface area contributed by atoms with Gasteiger partial charge in [-0.2, -0.15) is 0 Å². The fraction of sp³-hybridized carbons (Fsp3) is 0.500. The van der Waals surface area contributed by atoms with Gasteiger partial charge in [0, 0.05) is 17.7 Å². The van der Waals surface area contributed by atoms with Gasteiger partial charge in [0.15, 0.2) is 0 Å². The number of nitrogens with zero attached hydrogens (tertiary/aromatic N) is 1. The number of phenols is 1. The Bertz CT molecular complexity index is 481. The number of nitro benzene ring substituents is 1. The zero-order chi connectivity index (χ0) is 14.7. The van der Waals surface area contributed by atoms with Crippen molar-refractivity contribution in [1.29, 1.82) is 0 Å². The molecule has 0 aliphatic heterocycles. The highest BCUT2D eigenvalue weighted by atomic mass is 79.9. The van der Waals surface area contributed by atoms with E-state index in [-0.39, 0.29) is 27.4 Å². The maximum absolute atomic E-state index is 10.8. The Morgan fingerprint density at radius 3 is 2.58 bits per heavy atom. The van der Waals surface area contributed by atoms with E-state index in [0.29, 0.717) is 6.42 Å². The van der Waals surface area contributed by atoms with Crippen LogP contribution >= 0.6 is 15.9 Å². The van der Waals surface area contributed by atoms with Crippen LogP contribution in [0.4, 0.5) is 5.69 Å². The summed E-state index contributed by atoms with van der Waals surface area (Å²) in [6.45, 7) is 3.73. The molecule has 1 rings (SSSR count). The molecule has 6 nitrogen and oxygen atoms in total. The van der Waals surface area contributed by atoms with Crippen molar-refractivity contribution in [3.8, 4) is 5.75 Å². The fourth-order valence-corrected chi connectivity index (χ4v) is 2.21. The lowest BCUT2D eigenvalue weighted by molar-refractivity contribution is -0.385. The monoisotopic (exact) mass is 332 g/mol. The summed E-state index contributed by atoms with van der Waals surface area (Å²) in [5.74, 6) is -0.257. The molecule has 0 aliphatic rings. The third-order valence-electron chi connectivity index (χ3n) is 3.24. The molecule has 0 radical (unpaired) electrons. The molecule has 0 saturated heterocycles. The van der Waals surface area contributed by atoms with Crippen molar-refractivity contribution in [2.75, 3.05) is 0 Å². The van der Waals surface area contributed by atoms with Crippen LogP contribution in [-0.2, 0) is 0 Å². The predicted octanol–water partition coefficient (Wildman–Crippen LogP) is 2.47. The normalized spacial score (nSPS) is 15.8. The number of aromatic hydroxyl groups is 1. The average molecular weight is 333 g/mol. The SMILES string of the molecule is CCC(C)[C@@H](O)[C@@H](N)c1cc([N+](=O)[O-])cc(Br)c1O. The van der Waals surface area contributed by atoms with Crippen LogP contribution in [0.5, 0.6) is 5.75 Å². The number of non-ortho nitro benzene ring substituents is 1. The van der Waals surface area contributed by atoms with E-state index in [1.165, 1.54) is 12.1 Å². The highest BCUT2D eigenvalue weighted by Crippen LogP contribution is 2.37. The van der Waals surface area contributed by atoms with E-state index in [9.17, 15) is 20.3 Å². The Morgan fingerprint density at radius 2 is 2.11 bits per heavy atom. The molecule has 1 aromatic rings. The maximum Gasteiger partial charge on any atom is 0.271 e. The Kier molecular flexibility index (Phi) is 5.28. The molecule has 7 heteroatoms. The molecular formula is C12H17BrN2O4. The Labute approximate surface area is 119 Å². The number of benzene rings is 1. The first-order valence-corrected chi connectivity index (χ1v) is 6.69. The first kappa shape index (κ1) is 15.9. The van der Waals surface area contributed by atoms with E-state index in [2.05, 4.69) is 15.9 Å². The van der Waals surface area contributed by atoms with Gasteiger partial charge in [-0.3, -0.25) is 10.1 Å². The van der Waals surface area contributed by atoms with Gasteiger partial charge in [0.2, 0.25) is 0 Å². The summed E-state index contributed by atoms with van der Waals surface area (Å²) < 4.78 is 0.184. The molecule has 0 aliphatic carbocycles. The number of phenolic OH excluding ortho intramolecular Hbond substituents is 1. The minimum atomic E-state index is -0.884. The van der Waals surface area contributed by atoms with Crippen molar-refractivity contribution in [2.24, 2.45) is 11.7 Å². The quantitative estimate of drug-likeness (QED) is 0.566. The molecule has 0 heterocycles. The lowest BCUT2D eigenvalue weighted by Gasteiger charge is -2.24. The van der Waals surface area contributed by atoms with Crippen LogP contribution in [0.15, 0.2) is 16.6 Å². The highest BCUT2D eigenvalue weighted by Gasteiger charge is 2.27. The van der Waals surface area contributed by atoms with Gasteiger partial charge < -0.3 is 15.9 Å². The summed E-state index contributed by atoms with van der Waals surface area (Å²) >= 11 is 3.05. The van der Waals surface area contributed by atoms with Gasteiger partial charge in [-0.15, -0.1) is 0 Å². The van der Waals surface area contributed by atoms with Gasteiger partial charge in [0.25, 0.3) is 5.69 Å². The number of rotatable bonds is 5. The minimum absolute atomic E-state index is 0.0764. The average Bonchev–Trinajstić information content (AvgIpc) is 2.38. The van der Waals surface area contributed by atoms with Crippen LogP contribution in [0.3, 0.4) is 0 Å². The Morgan fingerprint density at radius 1 is 1.53 bits per heavy atom. The standard InChI is InChI=1S/C12H17BrN2O4/c1-3-6(2)11(16)10(14)8-4-7(15(18)19)5-9(13)12(8)17/h4-6,10-11,16-17H,3,14H2,1-2H3/t6?,10-,11+/m0/s1. The molecule has 0 fully saturated rings. The van der Waals surface area contributed by atoms with Crippen LogP contribution in [0.2, 0.25) is 0 Å². The molecule has 0 amide bonds. The molecule has 106 valence electrons. The van der Waals surface area contributed by atoms with Gasteiger partial charge in [0.1, 0.15) is 5.75 Å². The lowest BCUT2D eigenvalue weighted by Crippen LogP contribution is -2.31. The molecule has 19 heavy (non-hydrogen) atoms. The van der Waals surface area contributed by atoms with Crippen LogP contribution < -0.4 is 5.73 Å². The van der Waals surface area contributed by atoms with Crippen LogP contribution in [0.1, 0.15) is 31.9 Å². The van der Waals surface area contributed by atoms with E-state index >= 15 is 0 Å². The maximum atomic E-state index is 10.8. The number of aliphatic hydroxyl groups excluding tert-OH is 1. The van der Waals surface area contributed by atoms with Gasteiger partial charge in [-0.25, -0.2) is 0 Å². The summed E-state index contributed by atoms with van der Waals surface area (Å²) in [5, 5.41) is 30.8. The second-order valence-electron chi connectivity index (χ2n) is 4.52. The number of aliphatic hydroxyl groups is 1. The van der Waals surface area contributed by atoms with Gasteiger partial charge >= 0.3 is 0 Å². The number of halogens is 1. The second-order valence-corrected chi connectivity index (χ2v) is 5.38. The largest absolute Gasteiger partial charge is 0.506 e. The van der Waals surface area contributed by atoms with Crippen LogP contribution in [0.25, 0.3) is 0 Å². The molecule has 3 atom stereocenters. The summed E-state index contributed by atoms with van der Waals surface area (Å²) in [6.07, 6.45) is -0.170. The highest BCUT2D eigenvalue weighted by molar-refractivity contribution is 9.10. The van der Waals surface area contributed by atoms with Crippen molar-refractivity contribution >= 4 is 21.6 Å². The predicted molar refractivity (Wildman–Crippen MR) is 74.9 cm³/mol. The number of hydrogen-bond donors (Lipinski definition) is 3. The molecule has 1 aromatic carbocycles. The van der Waals surface area contributed by atoms with Crippen LogP contribution in [-0.4, -0.2) is 21.2 Å². The van der Waals surface area contributed by atoms with Crippen molar-refractivity contribution in [1.82, 2.24) is 0 Å². The third kappa shape index (κ3) is 3.43. The van der Waals surface area contributed by atoms with E-state index in [4.69, 9.17) is 5.73 Å². The summed E-state index contributed by atoms with van der Waals surface area (Å²) in [6, 6.07) is 1.50. The zero-order valence-corrected chi connectivity index (χ0v) is 12.3. The lowest BCUT2D eigenvalue weighted by atomic mass is 9.91. The number of nitro groups is 1. The molecule has 0 spiro atoms. The van der Waals surface area contributed by atoms with Gasteiger partial charge in [-0.05, 0) is 21.8 Å². The molecule has 0 aromatic heterocycles. The minimum Gasteiger partial charge on any atom is -0.506 e. The zero-order valence-electron chi connectivity index (χ0n) is 10.7. The molecular weight excluding hydrogens is 316 g/mol. The van der Waals surface area contributed by atoms with E-state index in [1.54, 1.807) is 0 Å². The van der Waals surface area contributed by atoms with E-state index in [0.717, 1.165) is 0 Å². The fourth-order valence-electron chi connectivity index (χ4n) is 1.74. The first-order valence-electron chi connectivity index (χ1n) is 5.90. The van der Waals surface area contributed by atoms with E-state index < -0.39 is 17.1 Å². The smallest absolute Gasteiger partial charge is 0.271 e. The number of nitrogens with two attached hydrogens (primary N) is 1. The molecule has 1 unspecified atom stereocenters. The summed E-state index contributed by atoms with van der Waals surface area (Å²) in [4.78, 5) is 10.2. The molecule has 0 bridgehead atoms. The summed E-state index contributed by atoms with van der Waals surface area (Å²) in [5.41, 5.74) is 5.87. The first-order chi connectivity index (χ1) is 8.79. The van der Waals surface area contributed by atoms with Crippen molar-refractivity contribution in [3.05, 3.63) is 32.3 Å². The van der Waals surface area contributed by atoms with E-state index in [1.807, 2.05) is 13.8 Å². The van der Waals surface area contributed by atoms with Crippen molar-refractivity contribution in [2.45, 2.75) is 32.4 Å². The Balaban J connectivity index is 3.22. The van der Waals surface area contributed by atoms with Gasteiger partial charge in [-0.1, -0.05) is 20.3 Å². The van der Waals surface area contributed by atoms with Crippen LogP contribution in [0, 0.1) is 16.0 Å². The topological polar surface area (TPSA) is 110 Å². The number of hydrogen-bond acceptors (Lipinski definition) is 5. The molecule has 0 saturated carbocycles. The molecule has 4 N–H and O–H groups in total. The van der Waals surface area contributed by atoms with Crippen molar-refractivity contribution in [3.63, 3.8) is 0 Å². The second kappa shape index (κ2) is 6.31. The summed E-state index contributed by atoms with van der Waals surface area (Å²) in [7, 11) is 0. The van der Waals surface area contributed by atoms with Gasteiger partial charge in [0.05, 0.1) is 21.5 Å². The van der Waals surface area contributed by atoms with Crippen molar-refractivity contribution < 1.29 is 15.1 Å². The Hall–Kier alpha value is -1.18. The third-order valence-corrected chi connectivity index (χ3v) is 3.85.